The molecule has 0 fully saturated rings. The van der Waals surface area contributed by atoms with Crippen LogP contribution in [0.15, 0.2) is 30.3 Å². The van der Waals surface area contributed by atoms with Crippen LogP contribution in [0.4, 0.5) is 0 Å². The van der Waals surface area contributed by atoms with E-state index in [0.717, 1.165) is 25.9 Å². The zero-order chi connectivity index (χ0) is 13.2. The lowest BCUT2D eigenvalue weighted by atomic mass is 9.98. The van der Waals surface area contributed by atoms with Gasteiger partial charge in [0.2, 0.25) is 5.91 Å². The number of benzene rings is 1. The Labute approximate surface area is 110 Å². The van der Waals surface area contributed by atoms with Crippen LogP contribution in [0.3, 0.4) is 0 Å². The van der Waals surface area contributed by atoms with Gasteiger partial charge in [0, 0.05) is 6.54 Å². The van der Waals surface area contributed by atoms with Crippen LogP contribution in [0.5, 0.6) is 0 Å². The molecule has 0 bridgehead atoms. The van der Waals surface area contributed by atoms with Gasteiger partial charge in [0.1, 0.15) is 0 Å². The molecular formula is C15H24N2O. The van der Waals surface area contributed by atoms with Gasteiger partial charge < -0.3 is 10.6 Å². The fourth-order valence-corrected chi connectivity index (χ4v) is 1.82. The molecule has 18 heavy (non-hydrogen) atoms. The molecule has 1 aromatic rings. The molecule has 0 aliphatic carbocycles. The summed E-state index contributed by atoms with van der Waals surface area (Å²) < 4.78 is 0. The van der Waals surface area contributed by atoms with E-state index < -0.39 is 0 Å². The van der Waals surface area contributed by atoms with Gasteiger partial charge in [0.15, 0.2) is 0 Å². The van der Waals surface area contributed by atoms with Crippen molar-refractivity contribution in [1.29, 1.82) is 0 Å². The molecule has 3 heteroatoms. The Morgan fingerprint density at radius 1 is 1.22 bits per heavy atom. The molecule has 100 valence electrons. The number of carbonyl (C=O) groups is 1. The van der Waals surface area contributed by atoms with Crippen LogP contribution in [-0.2, 0) is 4.79 Å². The van der Waals surface area contributed by atoms with Crippen molar-refractivity contribution in [2.45, 2.75) is 32.6 Å². The van der Waals surface area contributed by atoms with Crippen LogP contribution in [0, 0.1) is 0 Å². The molecule has 1 unspecified atom stereocenters. The second-order valence-electron chi connectivity index (χ2n) is 4.63. The van der Waals surface area contributed by atoms with Crippen LogP contribution < -0.4 is 10.6 Å². The fourth-order valence-electron chi connectivity index (χ4n) is 1.82. The molecule has 1 rings (SSSR count). The number of hydrogen-bond donors (Lipinski definition) is 2. The van der Waals surface area contributed by atoms with Gasteiger partial charge in [0.05, 0.1) is 6.54 Å². The highest BCUT2D eigenvalue weighted by molar-refractivity contribution is 5.77. The minimum absolute atomic E-state index is 0.0868. The standard InChI is InChI=1S/C15H24N2O/c1-3-10-16-12-15(18)17-11-9-13(2)14-7-5-4-6-8-14/h4-8,13,16H,3,9-12H2,1-2H3,(H,17,18). The Bertz CT molecular complexity index is 338. The Kier molecular flexibility index (Phi) is 7.11. The van der Waals surface area contributed by atoms with Gasteiger partial charge in [-0.15, -0.1) is 0 Å². The van der Waals surface area contributed by atoms with E-state index in [4.69, 9.17) is 0 Å². The zero-order valence-corrected chi connectivity index (χ0v) is 11.4. The average Bonchev–Trinajstić information content (AvgIpc) is 2.40. The molecule has 0 spiro atoms. The van der Waals surface area contributed by atoms with Gasteiger partial charge >= 0.3 is 0 Å². The van der Waals surface area contributed by atoms with Crippen molar-refractivity contribution in [3.05, 3.63) is 35.9 Å². The molecule has 0 aliphatic rings. The molecular weight excluding hydrogens is 224 g/mol. The van der Waals surface area contributed by atoms with Gasteiger partial charge in [-0.05, 0) is 30.9 Å². The van der Waals surface area contributed by atoms with Gasteiger partial charge in [0.25, 0.3) is 0 Å². The molecule has 0 saturated carbocycles. The minimum Gasteiger partial charge on any atom is -0.355 e. The molecule has 3 nitrogen and oxygen atoms in total. The summed E-state index contributed by atoms with van der Waals surface area (Å²) >= 11 is 0. The van der Waals surface area contributed by atoms with Crippen molar-refractivity contribution < 1.29 is 4.79 Å². The summed E-state index contributed by atoms with van der Waals surface area (Å²) in [5, 5.41) is 6.03. The number of carbonyl (C=O) groups excluding carboxylic acids is 1. The van der Waals surface area contributed by atoms with Crippen LogP contribution >= 0.6 is 0 Å². The van der Waals surface area contributed by atoms with Crippen LogP contribution in [-0.4, -0.2) is 25.5 Å². The average molecular weight is 248 g/mol. The van der Waals surface area contributed by atoms with Crippen LogP contribution in [0.25, 0.3) is 0 Å². The van der Waals surface area contributed by atoms with E-state index >= 15 is 0 Å². The quantitative estimate of drug-likeness (QED) is 0.693. The maximum atomic E-state index is 11.5. The minimum atomic E-state index is 0.0868. The molecule has 1 atom stereocenters. The molecule has 0 radical (unpaired) electrons. The van der Waals surface area contributed by atoms with E-state index in [1.807, 2.05) is 6.07 Å². The predicted octanol–water partition coefficient (Wildman–Crippen LogP) is 2.30. The monoisotopic (exact) mass is 248 g/mol. The van der Waals surface area contributed by atoms with E-state index in [1.54, 1.807) is 0 Å². The van der Waals surface area contributed by atoms with Crippen molar-refractivity contribution in [2.24, 2.45) is 0 Å². The number of amides is 1. The smallest absolute Gasteiger partial charge is 0.233 e. The third kappa shape index (κ3) is 5.82. The van der Waals surface area contributed by atoms with Crippen molar-refractivity contribution in [2.75, 3.05) is 19.6 Å². The highest BCUT2D eigenvalue weighted by Crippen LogP contribution is 2.17. The largest absolute Gasteiger partial charge is 0.355 e. The molecule has 1 amide bonds. The lowest BCUT2D eigenvalue weighted by Crippen LogP contribution is -2.34. The summed E-state index contributed by atoms with van der Waals surface area (Å²) in [6, 6.07) is 10.4. The number of hydrogen-bond acceptors (Lipinski definition) is 2. The van der Waals surface area contributed by atoms with Gasteiger partial charge in [-0.3, -0.25) is 4.79 Å². The summed E-state index contributed by atoms with van der Waals surface area (Å²) in [7, 11) is 0. The second-order valence-corrected chi connectivity index (χ2v) is 4.63. The third-order valence-corrected chi connectivity index (χ3v) is 2.98. The van der Waals surface area contributed by atoms with E-state index in [0.29, 0.717) is 12.5 Å². The zero-order valence-electron chi connectivity index (χ0n) is 11.4. The van der Waals surface area contributed by atoms with Crippen molar-refractivity contribution in [3.8, 4) is 0 Å². The fraction of sp³-hybridized carbons (Fsp3) is 0.533. The number of nitrogens with one attached hydrogen (secondary N) is 2. The normalized spacial score (nSPS) is 12.1. The molecule has 0 aliphatic heterocycles. The molecule has 0 heterocycles. The summed E-state index contributed by atoms with van der Waals surface area (Å²) in [6.07, 6.45) is 2.03. The van der Waals surface area contributed by atoms with Crippen molar-refractivity contribution in [1.82, 2.24) is 10.6 Å². The second kappa shape index (κ2) is 8.70. The summed E-state index contributed by atoms with van der Waals surface area (Å²) in [4.78, 5) is 11.5. The first-order valence-electron chi connectivity index (χ1n) is 6.76. The maximum absolute atomic E-state index is 11.5. The predicted molar refractivity (Wildman–Crippen MR) is 75.6 cm³/mol. The summed E-state index contributed by atoms with van der Waals surface area (Å²) in [6.45, 7) is 6.34. The topological polar surface area (TPSA) is 41.1 Å². The molecule has 1 aromatic carbocycles. The summed E-state index contributed by atoms with van der Waals surface area (Å²) in [5.41, 5.74) is 1.33. The maximum Gasteiger partial charge on any atom is 0.233 e. The highest BCUT2D eigenvalue weighted by atomic mass is 16.1. The molecule has 0 aromatic heterocycles. The Hall–Kier alpha value is -1.35. The first-order valence-corrected chi connectivity index (χ1v) is 6.76. The third-order valence-electron chi connectivity index (χ3n) is 2.98. The lowest BCUT2D eigenvalue weighted by Gasteiger charge is -2.12. The van der Waals surface area contributed by atoms with Gasteiger partial charge in [-0.2, -0.15) is 0 Å². The Balaban J connectivity index is 2.16. The van der Waals surface area contributed by atoms with E-state index in [1.165, 1.54) is 5.56 Å². The van der Waals surface area contributed by atoms with E-state index in [9.17, 15) is 4.79 Å². The Morgan fingerprint density at radius 3 is 2.61 bits per heavy atom. The van der Waals surface area contributed by atoms with E-state index in [2.05, 4.69) is 48.7 Å². The van der Waals surface area contributed by atoms with Crippen molar-refractivity contribution >= 4 is 5.91 Å². The number of rotatable bonds is 8. The van der Waals surface area contributed by atoms with Crippen molar-refractivity contribution in [3.63, 3.8) is 0 Å². The molecule has 0 saturated heterocycles. The van der Waals surface area contributed by atoms with Crippen LogP contribution in [0.1, 0.15) is 38.2 Å². The summed E-state index contributed by atoms with van der Waals surface area (Å²) in [5.74, 6) is 0.568. The van der Waals surface area contributed by atoms with E-state index in [-0.39, 0.29) is 5.91 Å². The van der Waals surface area contributed by atoms with Gasteiger partial charge in [-0.25, -0.2) is 0 Å². The lowest BCUT2D eigenvalue weighted by molar-refractivity contribution is -0.120. The van der Waals surface area contributed by atoms with Gasteiger partial charge in [-0.1, -0.05) is 44.2 Å². The first-order chi connectivity index (χ1) is 8.74. The molecule has 2 N–H and O–H groups in total. The Morgan fingerprint density at radius 2 is 1.94 bits per heavy atom. The van der Waals surface area contributed by atoms with Crippen LogP contribution in [0.2, 0.25) is 0 Å². The SMILES string of the molecule is CCCNCC(=O)NCCC(C)c1ccccc1. The first kappa shape index (κ1) is 14.7. The highest BCUT2D eigenvalue weighted by Gasteiger charge is 2.05.